The molecule has 0 saturated carbocycles. The molecule has 0 aliphatic carbocycles. The van der Waals surface area contributed by atoms with Crippen LogP contribution in [0.5, 0.6) is 11.5 Å². The van der Waals surface area contributed by atoms with E-state index < -0.39 is 4.92 Å². The van der Waals surface area contributed by atoms with Gasteiger partial charge in [-0.25, -0.2) is 0 Å². The smallest absolute Gasteiger partial charge is 0.269 e. The second-order valence-corrected chi connectivity index (χ2v) is 7.69. The van der Waals surface area contributed by atoms with E-state index in [2.05, 4.69) is 26.5 Å². The number of halogens is 2. The van der Waals surface area contributed by atoms with Crippen LogP contribution in [0.15, 0.2) is 70.2 Å². The molecule has 9 heteroatoms. The van der Waals surface area contributed by atoms with E-state index in [-0.39, 0.29) is 12.3 Å². The van der Waals surface area contributed by atoms with E-state index in [9.17, 15) is 10.1 Å². The fourth-order valence-electron chi connectivity index (χ4n) is 2.72. The summed E-state index contributed by atoms with van der Waals surface area (Å²) in [4.78, 5) is 10.3. The molecule has 0 atom stereocenters. The van der Waals surface area contributed by atoms with Crippen LogP contribution in [-0.2, 0) is 13.2 Å². The summed E-state index contributed by atoms with van der Waals surface area (Å²) < 4.78 is 12.0. The van der Waals surface area contributed by atoms with E-state index in [1.54, 1.807) is 31.5 Å². The molecule has 0 aliphatic rings. The normalized spacial score (nSPS) is 10.8. The highest BCUT2D eigenvalue weighted by Crippen LogP contribution is 2.37. The number of benzene rings is 3. The zero-order chi connectivity index (χ0) is 22.2. The van der Waals surface area contributed by atoms with Gasteiger partial charge in [0.05, 0.1) is 29.3 Å². The molecule has 3 rings (SSSR count). The van der Waals surface area contributed by atoms with E-state index in [4.69, 9.17) is 21.1 Å². The van der Waals surface area contributed by atoms with E-state index in [0.717, 1.165) is 16.7 Å². The van der Waals surface area contributed by atoms with Gasteiger partial charge in [-0.1, -0.05) is 29.8 Å². The lowest BCUT2D eigenvalue weighted by atomic mass is 10.2. The zero-order valence-electron chi connectivity index (χ0n) is 16.5. The lowest BCUT2D eigenvalue weighted by Gasteiger charge is -2.13. The molecule has 1 N–H and O–H groups in total. The summed E-state index contributed by atoms with van der Waals surface area (Å²) in [7, 11) is 1.55. The highest BCUT2D eigenvalue weighted by molar-refractivity contribution is 9.10. The maximum absolute atomic E-state index is 10.8. The minimum absolute atomic E-state index is 0.0364. The lowest BCUT2D eigenvalue weighted by Crippen LogP contribution is -2.06. The predicted molar refractivity (Wildman–Crippen MR) is 124 cm³/mol. The molecule has 0 radical (unpaired) electrons. The van der Waals surface area contributed by atoms with Gasteiger partial charge in [0.15, 0.2) is 11.5 Å². The number of hydrazone groups is 1. The van der Waals surface area contributed by atoms with Crippen molar-refractivity contribution in [2.45, 2.75) is 13.2 Å². The van der Waals surface area contributed by atoms with Gasteiger partial charge in [-0.3, -0.25) is 10.1 Å². The average molecular weight is 505 g/mol. The van der Waals surface area contributed by atoms with Gasteiger partial charge in [0, 0.05) is 17.2 Å². The summed E-state index contributed by atoms with van der Waals surface area (Å²) >= 11 is 9.64. The number of nitro benzene ring substituents is 1. The summed E-state index contributed by atoms with van der Waals surface area (Å²) in [6.07, 6.45) is 1.67. The monoisotopic (exact) mass is 503 g/mol. The van der Waals surface area contributed by atoms with Gasteiger partial charge in [-0.05, 0) is 63.0 Å². The Morgan fingerprint density at radius 2 is 1.94 bits per heavy atom. The van der Waals surface area contributed by atoms with Gasteiger partial charge in [0.1, 0.15) is 6.61 Å². The number of rotatable bonds is 9. The summed E-state index contributed by atoms with van der Waals surface area (Å²) in [5.74, 6) is 1.06. The van der Waals surface area contributed by atoms with Crippen LogP contribution in [0.25, 0.3) is 0 Å². The third kappa shape index (κ3) is 6.19. The third-order valence-electron chi connectivity index (χ3n) is 4.31. The molecule has 0 fully saturated rings. The largest absolute Gasteiger partial charge is 0.493 e. The highest BCUT2D eigenvalue weighted by Gasteiger charge is 2.12. The Morgan fingerprint density at radius 3 is 2.61 bits per heavy atom. The molecule has 0 bridgehead atoms. The van der Waals surface area contributed by atoms with E-state index >= 15 is 0 Å². The van der Waals surface area contributed by atoms with Crippen LogP contribution in [0.3, 0.4) is 0 Å². The van der Waals surface area contributed by atoms with Crippen molar-refractivity contribution >= 4 is 39.4 Å². The van der Waals surface area contributed by atoms with Crippen molar-refractivity contribution in [3.63, 3.8) is 0 Å². The van der Waals surface area contributed by atoms with Crippen LogP contribution in [0.4, 0.5) is 5.69 Å². The van der Waals surface area contributed by atoms with Gasteiger partial charge in [-0.2, -0.15) is 5.10 Å². The zero-order valence-corrected chi connectivity index (χ0v) is 18.9. The second kappa shape index (κ2) is 10.8. The van der Waals surface area contributed by atoms with Gasteiger partial charge < -0.3 is 14.9 Å². The fraction of sp³-hybridized carbons (Fsp3) is 0.136. The molecule has 0 aromatic heterocycles. The molecule has 0 unspecified atom stereocenters. The topological polar surface area (TPSA) is 86.0 Å². The average Bonchev–Trinajstić information content (AvgIpc) is 2.77. The van der Waals surface area contributed by atoms with Crippen LogP contribution < -0.4 is 14.9 Å². The quantitative estimate of drug-likeness (QED) is 0.229. The molecule has 3 aromatic carbocycles. The minimum Gasteiger partial charge on any atom is -0.493 e. The molecule has 0 saturated heterocycles. The summed E-state index contributed by atoms with van der Waals surface area (Å²) in [6.45, 7) is 0.741. The molecule has 0 amide bonds. The highest BCUT2D eigenvalue weighted by atomic mass is 79.9. The van der Waals surface area contributed by atoms with Crippen LogP contribution in [0.1, 0.15) is 16.7 Å². The number of hydrogen-bond acceptors (Lipinski definition) is 6. The van der Waals surface area contributed by atoms with E-state index in [1.165, 1.54) is 12.1 Å². The Morgan fingerprint density at radius 1 is 1.19 bits per heavy atom. The lowest BCUT2D eigenvalue weighted by molar-refractivity contribution is -0.384. The summed E-state index contributed by atoms with van der Waals surface area (Å²) in [5, 5.41) is 15.7. The molecular weight excluding hydrogens is 486 g/mol. The van der Waals surface area contributed by atoms with Crippen molar-refractivity contribution < 1.29 is 14.4 Å². The van der Waals surface area contributed by atoms with Crippen LogP contribution in [-0.4, -0.2) is 18.2 Å². The molecule has 160 valence electrons. The van der Waals surface area contributed by atoms with Crippen molar-refractivity contribution in [3.05, 3.63) is 97.0 Å². The molecule has 7 nitrogen and oxygen atoms in total. The number of ether oxygens (including phenoxy) is 2. The third-order valence-corrected chi connectivity index (χ3v) is 5.27. The number of nitrogens with one attached hydrogen (secondary N) is 1. The first-order valence-electron chi connectivity index (χ1n) is 9.21. The number of methoxy groups -OCH3 is 1. The molecular formula is C22H19BrClN3O4. The second-order valence-electron chi connectivity index (χ2n) is 6.43. The summed E-state index contributed by atoms with van der Waals surface area (Å²) in [5.41, 5.74) is 5.57. The standard InChI is InChI=1S/C22H19BrClN3O4/c1-30-21-11-16(12-25-26-13-17-4-2-3-5-20(17)24)10-19(23)22(21)31-14-15-6-8-18(9-7-15)27(28)29/h2-12,26H,13-14H2,1H3/b25-12-. The van der Waals surface area contributed by atoms with Crippen LogP contribution in [0.2, 0.25) is 5.02 Å². The number of hydrogen-bond donors (Lipinski definition) is 1. The van der Waals surface area contributed by atoms with Crippen LogP contribution >= 0.6 is 27.5 Å². The summed E-state index contributed by atoms with van der Waals surface area (Å²) in [6, 6.07) is 17.4. The number of nitro groups is 1. The van der Waals surface area contributed by atoms with Gasteiger partial charge in [0.25, 0.3) is 5.69 Å². The molecule has 0 aliphatic heterocycles. The molecule has 0 heterocycles. The first-order valence-corrected chi connectivity index (χ1v) is 10.4. The first kappa shape index (κ1) is 22.6. The van der Waals surface area contributed by atoms with Crippen molar-refractivity contribution in [3.8, 4) is 11.5 Å². The predicted octanol–water partition coefficient (Wildman–Crippen LogP) is 5.72. The maximum Gasteiger partial charge on any atom is 0.269 e. The van der Waals surface area contributed by atoms with E-state index in [0.29, 0.717) is 27.5 Å². The molecule has 0 spiro atoms. The Bertz CT molecular complexity index is 1090. The SMILES string of the molecule is COc1cc(/C=N\NCc2ccccc2Cl)cc(Br)c1OCc1ccc([N+](=O)[O-])cc1. The Kier molecular flexibility index (Phi) is 7.86. The van der Waals surface area contributed by atoms with Crippen molar-refractivity contribution in [1.29, 1.82) is 0 Å². The molecule has 3 aromatic rings. The van der Waals surface area contributed by atoms with Gasteiger partial charge in [-0.15, -0.1) is 0 Å². The Hall–Kier alpha value is -3.10. The fourth-order valence-corrected chi connectivity index (χ4v) is 3.49. The minimum atomic E-state index is -0.437. The van der Waals surface area contributed by atoms with Crippen molar-refractivity contribution in [2.24, 2.45) is 5.10 Å². The van der Waals surface area contributed by atoms with Crippen LogP contribution in [0, 0.1) is 10.1 Å². The van der Waals surface area contributed by atoms with Gasteiger partial charge >= 0.3 is 0 Å². The number of nitrogens with zero attached hydrogens (tertiary/aromatic N) is 2. The Balaban J connectivity index is 1.65. The maximum atomic E-state index is 10.8. The molecule has 31 heavy (non-hydrogen) atoms. The van der Waals surface area contributed by atoms with Gasteiger partial charge in [0.2, 0.25) is 0 Å². The Labute approximate surface area is 192 Å². The van der Waals surface area contributed by atoms with Crippen molar-refractivity contribution in [1.82, 2.24) is 5.43 Å². The van der Waals surface area contributed by atoms with E-state index in [1.807, 2.05) is 30.3 Å². The first-order chi connectivity index (χ1) is 15.0. The number of non-ortho nitro benzene ring substituents is 1. The van der Waals surface area contributed by atoms with Crippen molar-refractivity contribution in [2.75, 3.05) is 7.11 Å².